The number of benzene rings is 3. The van der Waals surface area contributed by atoms with E-state index < -0.39 is 17.8 Å². The number of carbonyl (C=O) groups is 3. The highest BCUT2D eigenvalue weighted by atomic mass is 19.1. The van der Waals surface area contributed by atoms with Gasteiger partial charge in [0.15, 0.2) is 0 Å². The van der Waals surface area contributed by atoms with Gasteiger partial charge in [0, 0.05) is 23.2 Å². The van der Waals surface area contributed by atoms with Crippen LogP contribution in [-0.4, -0.2) is 29.8 Å². The fraction of sp³-hybridized carbons (Fsp3) is 0.300. The van der Waals surface area contributed by atoms with Crippen LogP contribution in [0.5, 0.6) is 0 Å². The van der Waals surface area contributed by atoms with E-state index in [9.17, 15) is 18.8 Å². The van der Waals surface area contributed by atoms with Crippen LogP contribution >= 0.6 is 0 Å². The maximum Gasteiger partial charge on any atom is 0.259 e. The van der Waals surface area contributed by atoms with Crippen LogP contribution in [0.2, 0.25) is 0 Å². The van der Waals surface area contributed by atoms with Crippen molar-refractivity contribution in [2.24, 2.45) is 5.73 Å². The van der Waals surface area contributed by atoms with Gasteiger partial charge in [-0.25, -0.2) is 4.39 Å². The number of carbonyl (C=O) groups excluding carboxylic acids is 3. The lowest BCUT2D eigenvalue weighted by molar-refractivity contribution is -0.116. The maximum atomic E-state index is 14.1. The average molecular weight is 515 g/mol. The molecule has 7 nitrogen and oxygen atoms in total. The van der Waals surface area contributed by atoms with Crippen molar-refractivity contribution in [2.75, 3.05) is 10.2 Å². The van der Waals surface area contributed by atoms with Crippen LogP contribution in [-0.2, 0) is 4.79 Å². The normalized spacial score (nSPS) is 21.2. The Morgan fingerprint density at radius 1 is 1.00 bits per heavy atom. The van der Waals surface area contributed by atoms with Crippen molar-refractivity contribution in [1.82, 2.24) is 5.32 Å². The van der Waals surface area contributed by atoms with Crippen LogP contribution in [0.1, 0.15) is 70.0 Å². The van der Waals surface area contributed by atoms with Gasteiger partial charge in [0.2, 0.25) is 5.91 Å². The zero-order chi connectivity index (χ0) is 26.8. The minimum atomic E-state index is -0.632. The predicted molar refractivity (Wildman–Crippen MR) is 145 cm³/mol. The van der Waals surface area contributed by atoms with Gasteiger partial charge in [-0.1, -0.05) is 48.7 Å². The second-order valence-corrected chi connectivity index (χ2v) is 10.1. The lowest BCUT2D eigenvalue weighted by atomic mass is 9.91. The Morgan fingerprint density at radius 2 is 1.76 bits per heavy atom. The zero-order valence-corrected chi connectivity index (χ0v) is 21.2. The Bertz CT molecular complexity index is 1370. The summed E-state index contributed by atoms with van der Waals surface area (Å²) >= 11 is 0. The lowest BCUT2D eigenvalue weighted by Gasteiger charge is -2.31. The van der Waals surface area contributed by atoms with Gasteiger partial charge < -0.3 is 16.4 Å². The molecule has 3 amide bonds. The minimum Gasteiger partial charge on any atom is -0.348 e. The molecule has 196 valence electrons. The first-order chi connectivity index (χ1) is 18.3. The number of anilines is 2. The third kappa shape index (κ3) is 5.31. The molecular weight excluding hydrogens is 483 g/mol. The smallest absolute Gasteiger partial charge is 0.259 e. The second kappa shape index (κ2) is 10.8. The molecule has 0 radical (unpaired) electrons. The molecule has 3 unspecified atom stereocenters. The molecule has 3 aromatic rings. The Hall–Kier alpha value is -4.04. The Morgan fingerprint density at radius 3 is 2.50 bits per heavy atom. The quantitative estimate of drug-likeness (QED) is 0.462. The monoisotopic (exact) mass is 514 g/mol. The van der Waals surface area contributed by atoms with Gasteiger partial charge in [0.25, 0.3) is 11.8 Å². The molecule has 5 rings (SSSR count). The average Bonchev–Trinajstić information content (AvgIpc) is 3.05. The lowest BCUT2D eigenvalue weighted by Crippen LogP contribution is -2.49. The molecule has 0 saturated heterocycles. The van der Waals surface area contributed by atoms with Gasteiger partial charge in [-0.05, 0) is 61.7 Å². The fourth-order valence-electron chi connectivity index (χ4n) is 5.28. The van der Waals surface area contributed by atoms with Crippen LogP contribution in [0, 0.1) is 12.7 Å². The van der Waals surface area contributed by atoms with E-state index in [0.29, 0.717) is 16.9 Å². The highest BCUT2D eigenvalue weighted by molar-refractivity contribution is 6.12. The summed E-state index contributed by atoms with van der Waals surface area (Å²) in [5.74, 6) is -1.55. The molecule has 4 N–H and O–H groups in total. The first kappa shape index (κ1) is 25.6. The van der Waals surface area contributed by atoms with Crippen molar-refractivity contribution >= 4 is 29.1 Å². The SMILES string of the molecule is Cc1ccc(C2CC(=O)Nc3cc(C(=O)NC4CCCCC4N)ccc3N2C(=O)c2cccc(F)c2)cc1. The van der Waals surface area contributed by atoms with Crippen LogP contribution < -0.4 is 21.3 Å². The Kier molecular flexibility index (Phi) is 7.24. The number of amides is 3. The van der Waals surface area contributed by atoms with Crippen LogP contribution in [0.3, 0.4) is 0 Å². The van der Waals surface area contributed by atoms with Crippen molar-refractivity contribution < 1.29 is 18.8 Å². The summed E-state index contributed by atoms with van der Waals surface area (Å²) in [6.45, 7) is 1.96. The Labute approximate surface area is 221 Å². The van der Waals surface area contributed by atoms with Crippen molar-refractivity contribution in [3.63, 3.8) is 0 Å². The molecule has 8 heteroatoms. The summed E-state index contributed by atoms with van der Waals surface area (Å²) in [6, 6.07) is 17.2. The molecule has 0 aromatic heterocycles. The maximum absolute atomic E-state index is 14.1. The van der Waals surface area contributed by atoms with Gasteiger partial charge in [-0.2, -0.15) is 0 Å². The number of halogens is 1. The van der Waals surface area contributed by atoms with Crippen molar-refractivity contribution in [2.45, 2.75) is 57.2 Å². The second-order valence-electron chi connectivity index (χ2n) is 10.1. The summed E-state index contributed by atoms with van der Waals surface area (Å²) in [6.07, 6.45) is 3.74. The van der Waals surface area contributed by atoms with E-state index in [1.165, 1.54) is 23.1 Å². The number of nitrogens with one attached hydrogen (secondary N) is 2. The number of hydrogen-bond donors (Lipinski definition) is 3. The number of nitrogens with zero attached hydrogens (tertiary/aromatic N) is 1. The van der Waals surface area contributed by atoms with E-state index >= 15 is 0 Å². The summed E-state index contributed by atoms with van der Waals surface area (Å²) in [5, 5.41) is 5.90. The number of aryl methyl sites for hydroxylation is 1. The van der Waals surface area contributed by atoms with Crippen molar-refractivity contribution in [1.29, 1.82) is 0 Å². The van der Waals surface area contributed by atoms with Crippen molar-refractivity contribution in [3.8, 4) is 0 Å². The van der Waals surface area contributed by atoms with Crippen LogP contribution in [0.4, 0.5) is 15.8 Å². The van der Waals surface area contributed by atoms with Gasteiger partial charge >= 0.3 is 0 Å². The number of hydrogen-bond acceptors (Lipinski definition) is 4. The summed E-state index contributed by atoms with van der Waals surface area (Å²) in [7, 11) is 0. The van der Waals surface area contributed by atoms with Gasteiger partial charge in [0.1, 0.15) is 5.82 Å². The zero-order valence-electron chi connectivity index (χ0n) is 21.2. The predicted octanol–water partition coefficient (Wildman–Crippen LogP) is 4.86. The number of nitrogens with two attached hydrogens (primary N) is 1. The van der Waals surface area contributed by atoms with E-state index in [1.807, 2.05) is 31.2 Å². The van der Waals surface area contributed by atoms with Gasteiger partial charge in [-0.15, -0.1) is 0 Å². The molecule has 1 aliphatic heterocycles. The molecule has 1 heterocycles. The molecule has 3 aromatic carbocycles. The molecule has 0 spiro atoms. The van der Waals surface area contributed by atoms with Crippen LogP contribution in [0.15, 0.2) is 66.7 Å². The molecule has 1 saturated carbocycles. The molecule has 38 heavy (non-hydrogen) atoms. The van der Waals surface area contributed by atoms with Gasteiger partial charge in [0.05, 0.1) is 23.8 Å². The highest BCUT2D eigenvalue weighted by Gasteiger charge is 2.35. The molecule has 3 atom stereocenters. The molecular formula is C30H31FN4O3. The van der Waals surface area contributed by atoms with E-state index in [2.05, 4.69) is 10.6 Å². The highest BCUT2D eigenvalue weighted by Crippen LogP contribution is 2.40. The summed E-state index contributed by atoms with van der Waals surface area (Å²) < 4.78 is 14.1. The van der Waals surface area contributed by atoms with E-state index in [4.69, 9.17) is 5.73 Å². The first-order valence-corrected chi connectivity index (χ1v) is 13.0. The van der Waals surface area contributed by atoms with E-state index in [-0.39, 0.29) is 35.9 Å². The fourth-order valence-corrected chi connectivity index (χ4v) is 5.28. The van der Waals surface area contributed by atoms with Crippen molar-refractivity contribution in [3.05, 3.63) is 94.8 Å². The van der Waals surface area contributed by atoms with Crippen LogP contribution in [0.25, 0.3) is 0 Å². The largest absolute Gasteiger partial charge is 0.348 e. The first-order valence-electron chi connectivity index (χ1n) is 13.0. The van der Waals surface area contributed by atoms with E-state index in [0.717, 1.165) is 36.8 Å². The molecule has 0 bridgehead atoms. The molecule has 1 aliphatic carbocycles. The Balaban J connectivity index is 1.55. The number of fused-ring (bicyclic) bond motifs is 1. The third-order valence-corrected chi connectivity index (χ3v) is 7.37. The van der Waals surface area contributed by atoms with E-state index in [1.54, 1.807) is 24.3 Å². The number of rotatable bonds is 4. The summed E-state index contributed by atoms with van der Waals surface area (Å²) in [4.78, 5) is 41.6. The third-order valence-electron chi connectivity index (χ3n) is 7.37. The van der Waals surface area contributed by atoms with Gasteiger partial charge in [-0.3, -0.25) is 19.3 Å². The topological polar surface area (TPSA) is 105 Å². The molecule has 2 aliphatic rings. The standard InChI is InChI=1S/C30H31FN4O3/c1-18-9-11-19(12-10-18)27-17-28(36)33-25-16-20(29(37)34-24-8-3-2-7-23(24)32)13-14-26(25)35(27)30(38)21-5-4-6-22(31)15-21/h4-6,9-16,23-24,27H,2-3,7-8,17,32H2,1H3,(H,33,36)(H,34,37). The minimum absolute atomic E-state index is 0.00272. The molecule has 1 fully saturated rings. The summed E-state index contributed by atoms with van der Waals surface area (Å²) in [5.41, 5.74) is 9.32.